The van der Waals surface area contributed by atoms with Crippen LogP contribution in [-0.2, 0) is 9.59 Å². The van der Waals surface area contributed by atoms with E-state index in [0.29, 0.717) is 18.9 Å². The van der Waals surface area contributed by atoms with E-state index in [0.717, 1.165) is 30.1 Å². The molecular weight excluding hydrogens is 316 g/mol. The Morgan fingerprint density at radius 2 is 2.30 bits per heavy atom. The average Bonchev–Trinajstić information content (AvgIpc) is 3.10. The number of aryl methyl sites for hydroxylation is 1. The van der Waals surface area contributed by atoms with Crippen LogP contribution in [0.4, 0.5) is 4.79 Å². The number of imide groups is 1. The molecular formula is C15H20N4O3S. The lowest BCUT2D eigenvalue weighted by atomic mass is 9.98. The zero-order chi connectivity index (χ0) is 16.4. The summed E-state index contributed by atoms with van der Waals surface area (Å²) in [5.74, 6) is -0.00427. The van der Waals surface area contributed by atoms with Crippen molar-refractivity contribution in [3.8, 4) is 0 Å². The Morgan fingerprint density at radius 1 is 1.48 bits per heavy atom. The summed E-state index contributed by atoms with van der Waals surface area (Å²) >= 11 is 1.65. The Morgan fingerprint density at radius 3 is 2.96 bits per heavy atom. The van der Waals surface area contributed by atoms with E-state index in [4.69, 9.17) is 0 Å². The van der Waals surface area contributed by atoms with Crippen molar-refractivity contribution < 1.29 is 14.4 Å². The number of amides is 4. The highest BCUT2D eigenvalue weighted by molar-refractivity contribution is 7.09. The molecule has 8 heteroatoms. The van der Waals surface area contributed by atoms with E-state index in [9.17, 15) is 14.4 Å². The molecule has 1 aromatic rings. The maximum absolute atomic E-state index is 12.4. The number of hydrogen-bond donors (Lipinski definition) is 2. The summed E-state index contributed by atoms with van der Waals surface area (Å²) in [6, 6.07) is -1.07. The van der Waals surface area contributed by atoms with Crippen molar-refractivity contribution >= 4 is 29.2 Å². The minimum absolute atomic E-state index is 0.0388. The lowest BCUT2D eigenvalue weighted by molar-refractivity contribution is -0.132. The summed E-state index contributed by atoms with van der Waals surface area (Å²) in [6.07, 6.45) is 2.63. The molecule has 0 unspecified atom stereocenters. The number of nitrogens with zero attached hydrogens (tertiary/aromatic N) is 2. The van der Waals surface area contributed by atoms with Crippen LogP contribution in [0.15, 0.2) is 5.38 Å². The molecule has 2 saturated heterocycles. The number of carbonyl (C=O) groups is 3. The van der Waals surface area contributed by atoms with Crippen LogP contribution in [0, 0.1) is 6.92 Å². The quantitative estimate of drug-likeness (QED) is 0.807. The molecule has 7 nitrogen and oxygen atoms in total. The van der Waals surface area contributed by atoms with Crippen LogP contribution in [0.5, 0.6) is 0 Å². The Hall–Kier alpha value is -1.96. The number of likely N-dealkylation sites (tertiary alicyclic amines) is 1. The second kappa shape index (κ2) is 6.66. The molecule has 3 rings (SSSR count). The van der Waals surface area contributed by atoms with Crippen molar-refractivity contribution in [3.63, 3.8) is 0 Å². The molecule has 2 aliphatic rings. The number of aromatic nitrogens is 1. The van der Waals surface area contributed by atoms with Crippen LogP contribution in [0.3, 0.4) is 0 Å². The molecule has 3 heterocycles. The lowest BCUT2D eigenvalue weighted by Gasteiger charge is -2.32. The van der Waals surface area contributed by atoms with Crippen molar-refractivity contribution in [2.24, 2.45) is 0 Å². The summed E-state index contributed by atoms with van der Waals surface area (Å²) in [5.41, 5.74) is 1.02. The molecule has 0 saturated carbocycles. The van der Waals surface area contributed by atoms with Crippen molar-refractivity contribution in [1.29, 1.82) is 0 Å². The van der Waals surface area contributed by atoms with Crippen molar-refractivity contribution in [3.05, 3.63) is 16.1 Å². The van der Waals surface area contributed by atoms with Crippen LogP contribution in [0.1, 0.15) is 42.3 Å². The zero-order valence-electron chi connectivity index (χ0n) is 13.0. The number of piperidine rings is 1. The normalized spacial score (nSPS) is 24.5. The fraction of sp³-hybridized carbons (Fsp3) is 0.600. The first-order valence-electron chi connectivity index (χ1n) is 7.84. The number of carbonyl (C=O) groups excluding carboxylic acids is 3. The van der Waals surface area contributed by atoms with Crippen LogP contribution < -0.4 is 10.6 Å². The van der Waals surface area contributed by atoms with Gasteiger partial charge in [-0.25, -0.2) is 9.78 Å². The summed E-state index contributed by atoms with van der Waals surface area (Å²) in [4.78, 5) is 41.3. The van der Waals surface area contributed by atoms with E-state index in [1.807, 2.05) is 17.2 Å². The third kappa shape index (κ3) is 3.69. The second-order valence-electron chi connectivity index (χ2n) is 6.06. The maximum Gasteiger partial charge on any atom is 0.322 e. The predicted molar refractivity (Wildman–Crippen MR) is 85.1 cm³/mol. The molecule has 0 spiro atoms. The molecule has 124 valence electrons. The Labute approximate surface area is 138 Å². The zero-order valence-corrected chi connectivity index (χ0v) is 13.8. The van der Waals surface area contributed by atoms with Gasteiger partial charge in [0.15, 0.2) is 0 Å². The lowest BCUT2D eigenvalue weighted by Crippen LogP contribution is -2.40. The summed E-state index contributed by atoms with van der Waals surface area (Å²) in [6.45, 7) is 3.42. The van der Waals surface area contributed by atoms with Crippen LogP contribution in [0.25, 0.3) is 0 Å². The monoisotopic (exact) mass is 336 g/mol. The van der Waals surface area contributed by atoms with Gasteiger partial charge in [0.1, 0.15) is 6.04 Å². The number of thiazole rings is 1. The molecule has 23 heavy (non-hydrogen) atoms. The minimum atomic E-state index is -0.589. The van der Waals surface area contributed by atoms with Crippen molar-refractivity contribution in [2.75, 3.05) is 13.1 Å². The van der Waals surface area contributed by atoms with Crippen molar-refractivity contribution in [2.45, 2.75) is 44.6 Å². The molecule has 0 radical (unpaired) electrons. The second-order valence-corrected chi connectivity index (χ2v) is 6.95. The van der Waals surface area contributed by atoms with Crippen LogP contribution >= 0.6 is 11.3 Å². The van der Waals surface area contributed by atoms with Crippen LogP contribution in [-0.4, -0.2) is 46.9 Å². The van der Waals surface area contributed by atoms with Gasteiger partial charge in [0.25, 0.3) is 5.91 Å². The molecule has 1 aromatic heterocycles. The number of rotatable bonds is 4. The average molecular weight is 336 g/mol. The highest BCUT2D eigenvalue weighted by Crippen LogP contribution is 2.29. The van der Waals surface area contributed by atoms with E-state index >= 15 is 0 Å². The molecule has 0 aliphatic carbocycles. The number of nitrogens with one attached hydrogen (secondary N) is 2. The summed E-state index contributed by atoms with van der Waals surface area (Å²) in [7, 11) is 0. The molecule has 2 fully saturated rings. The van der Waals surface area contributed by atoms with E-state index < -0.39 is 12.1 Å². The van der Waals surface area contributed by atoms with Gasteiger partial charge < -0.3 is 10.2 Å². The van der Waals surface area contributed by atoms with Crippen LogP contribution in [0.2, 0.25) is 0 Å². The molecule has 0 bridgehead atoms. The number of urea groups is 1. The van der Waals surface area contributed by atoms with E-state index in [-0.39, 0.29) is 18.2 Å². The third-order valence-electron chi connectivity index (χ3n) is 4.27. The standard InChI is InChI=1S/C15H20N4O3S/c1-9-8-23-14(16-9)10-3-2-6-19(7-10)12(20)5-4-11-13(21)18-15(22)17-11/h8,10-11H,2-7H2,1H3,(H2,17,18,21,22)/t10-,11-/m1/s1. The van der Waals surface area contributed by atoms with Gasteiger partial charge in [0.2, 0.25) is 5.91 Å². The van der Waals surface area contributed by atoms with Gasteiger partial charge in [0.05, 0.1) is 5.01 Å². The molecule has 4 amide bonds. The number of hydrogen-bond acceptors (Lipinski definition) is 5. The largest absolute Gasteiger partial charge is 0.342 e. The molecule has 2 N–H and O–H groups in total. The Kier molecular flexibility index (Phi) is 4.61. The first-order valence-corrected chi connectivity index (χ1v) is 8.72. The molecule has 0 aromatic carbocycles. The fourth-order valence-electron chi connectivity index (χ4n) is 3.05. The topological polar surface area (TPSA) is 91.4 Å². The minimum Gasteiger partial charge on any atom is -0.342 e. The molecule has 2 aliphatic heterocycles. The van der Waals surface area contributed by atoms with Gasteiger partial charge in [-0.1, -0.05) is 0 Å². The van der Waals surface area contributed by atoms with E-state index in [1.54, 1.807) is 11.3 Å². The summed E-state index contributed by atoms with van der Waals surface area (Å²) < 4.78 is 0. The predicted octanol–water partition coefficient (Wildman–Crippen LogP) is 1.15. The van der Waals surface area contributed by atoms with Gasteiger partial charge in [0, 0.05) is 36.5 Å². The molecule has 2 atom stereocenters. The fourth-order valence-corrected chi connectivity index (χ4v) is 3.98. The van der Waals surface area contributed by atoms with Gasteiger partial charge in [-0.3, -0.25) is 14.9 Å². The van der Waals surface area contributed by atoms with Gasteiger partial charge in [-0.15, -0.1) is 11.3 Å². The SMILES string of the molecule is Cc1csc([C@@H]2CCCN(C(=O)CC[C@H]3NC(=O)NC3=O)C2)n1. The summed E-state index contributed by atoms with van der Waals surface area (Å²) in [5, 5.41) is 7.84. The first-order chi connectivity index (χ1) is 11.0. The smallest absolute Gasteiger partial charge is 0.322 e. The van der Waals surface area contributed by atoms with Gasteiger partial charge in [-0.2, -0.15) is 0 Å². The van der Waals surface area contributed by atoms with Gasteiger partial charge in [-0.05, 0) is 26.2 Å². The van der Waals surface area contributed by atoms with E-state index in [1.165, 1.54) is 0 Å². The first kappa shape index (κ1) is 15.9. The van der Waals surface area contributed by atoms with E-state index in [2.05, 4.69) is 15.6 Å². The third-order valence-corrected chi connectivity index (χ3v) is 5.39. The Bertz CT molecular complexity index is 630. The highest BCUT2D eigenvalue weighted by Gasteiger charge is 2.31. The maximum atomic E-state index is 12.4. The highest BCUT2D eigenvalue weighted by atomic mass is 32.1. The van der Waals surface area contributed by atoms with Gasteiger partial charge >= 0.3 is 6.03 Å². The Balaban J connectivity index is 1.53. The van der Waals surface area contributed by atoms with Crippen molar-refractivity contribution in [1.82, 2.24) is 20.5 Å².